The Kier molecular flexibility index (Phi) is 4.85. The molecular weight excluding hydrogens is 182 g/mol. The summed E-state index contributed by atoms with van der Waals surface area (Å²) in [6, 6.07) is 0.602. The maximum atomic E-state index is 3.73. The van der Waals surface area contributed by atoms with Crippen LogP contribution >= 0.6 is 0 Å². The molecule has 0 bridgehead atoms. The molecule has 1 aliphatic rings. The van der Waals surface area contributed by atoms with Gasteiger partial charge in [-0.15, -0.1) is 0 Å². The quantitative estimate of drug-likeness (QED) is 0.654. The maximum absolute atomic E-state index is 3.73. The Hall–Kier alpha value is -0.300. The molecule has 1 atom stereocenters. The molecule has 0 fully saturated rings. The summed E-state index contributed by atoms with van der Waals surface area (Å²) in [4.78, 5) is 0. The van der Waals surface area contributed by atoms with E-state index < -0.39 is 0 Å². The molecule has 0 radical (unpaired) electrons. The van der Waals surface area contributed by atoms with Crippen LogP contribution in [0.15, 0.2) is 11.6 Å². The number of hydrogen-bond acceptors (Lipinski definition) is 1. The SMILES string of the molecule is CCCNC(C1=CCCC1)C(C)(C)CC. The summed E-state index contributed by atoms with van der Waals surface area (Å²) in [5.74, 6) is 0. The molecular formula is C14H27N. The lowest BCUT2D eigenvalue weighted by Gasteiger charge is -2.35. The number of nitrogens with one attached hydrogen (secondary N) is 1. The highest BCUT2D eigenvalue weighted by Gasteiger charge is 2.30. The molecule has 0 heterocycles. The summed E-state index contributed by atoms with van der Waals surface area (Å²) >= 11 is 0. The van der Waals surface area contributed by atoms with Gasteiger partial charge in [-0.25, -0.2) is 0 Å². The molecule has 0 spiro atoms. The molecule has 1 unspecified atom stereocenters. The van der Waals surface area contributed by atoms with E-state index in [1.165, 1.54) is 32.1 Å². The van der Waals surface area contributed by atoms with Gasteiger partial charge in [0.2, 0.25) is 0 Å². The average molecular weight is 209 g/mol. The smallest absolute Gasteiger partial charge is 0.0330 e. The molecule has 15 heavy (non-hydrogen) atoms. The predicted molar refractivity (Wildman–Crippen MR) is 68.1 cm³/mol. The molecule has 0 amide bonds. The van der Waals surface area contributed by atoms with E-state index in [1.807, 2.05) is 0 Å². The lowest BCUT2D eigenvalue weighted by atomic mass is 9.77. The van der Waals surface area contributed by atoms with Crippen molar-refractivity contribution in [2.75, 3.05) is 6.54 Å². The molecule has 1 N–H and O–H groups in total. The van der Waals surface area contributed by atoms with Gasteiger partial charge in [0, 0.05) is 6.04 Å². The molecule has 88 valence electrons. The van der Waals surface area contributed by atoms with Crippen LogP contribution in [-0.4, -0.2) is 12.6 Å². The number of allylic oxidation sites excluding steroid dienone is 1. The van der Waals surface area contributed by atoms with Gasteiger partial charge in [0.15, 0.2) is 0 Å². The van der Waals surface area contributed by atoms with Crippen molar-refractivity contribution in [2.24, 2.45) is 5.41 Å². The molecule has 0 aromatic rings. The average Bonchev–Trinajstić information content (AvgIpc) is 2.71. The van der Waals surface area contributed by atoms with Crippen molar-refractivity contribution >= 4 is 0 Å². The van der Waals surface area contributed by atoms with E-state index in [-0.39, 0.29) is 0 Å². The lowest BCUT2D eigenvalue weighted by molar-refractivity contribution is 0.258. The second-order valence-corrected chi connectivity index (χ2v) is 5.40. The van der Waals surface area contributed by atoms with E-state index in [2.05, 4.69) is 39.1 Å². The topological polar surface area (TPSA) is 12.0 Å². The van der Waals surface area contributed by atoms with Crippen LogP contribution in [0.5, 0.6) is 0 Å². The minimum atomic E-state index is 0.394. The first kappa shape index (κ1) is 12.8. The van der Waals surface area contributed by atoms with E-state index in [1.54, 1.807) is 5.57 Å². The predicted octanol–water partition coefficient (Wildman–Crippen LogP) is 3.90. The fraction of sp³-hybridized carbons (Fsp3) is 0.857. The number of hydrogen-bond donors (Lipinski definition) is 1. The normalized spacial score (nSPS) is 19.1. The molecule has 1 nitrogen and oxygen atoms in total. The van der Waals surface area contributed by atoms with Gasteiger partial charge in [0.05, 0.1) is 0 Å². The first-order valence-electron chi connectivity index (χ1n) is 6.54. The summed E-state index contributed by atoms with van der Waals surface area (Å²) in [6.07, 6.45) is 8.89. The molecule has 1 aliphatic carbocycles. The van der Waals surface area contributed by atoms with Gasteiger partial charge in [-0.2, -0.15) is 0 Å². The summed E-state index contributed by atoms with van der Waals surface area (Å²) in [6.45, 7) is 10.5. The Balaban J connectivity index is 2.68. The van der Waals surface area contributed by atoms with E-state index in [0.717, 1.165) is 6.54 Å². The van der Waals surface area contributed by atoms with Gasteiger partial charge >= 0.3 is 0 Å². The molecule has 0 saturated heterocycles. The van der Waals surface area contributed by atoms with Crippen LogP contribution in [0.2, 0.25) is 0 Å². The zero-order valence-electron chi connectivity index (χ0n) is 10.9. The summed E-state index contributed by atoms with van der Waals surface area (Å²) in [5, 5.41) is 3.73. The van der Waals surface area contributed by atoms with E-state index in [0.29, 0.717) is 11.5 Å². The van der Waals surface area contributed by atoms with Crippen molar-refractivity contribution in [3.8, 4) is 0 Å². The van der Waals surface area contributed by atoms with Crippen LogP contribution in [0.4, 0.5) is 0 Å². The number of rotatable bonds is 6. The van der Waals surface area contributed by atoms with Gasteiger partial charge in [0.25, 0.3) is 0 Å². The fourth-order valence-corrected chi connectivity index (χ4v) is 2.36. The highest BCUT2D eigenvalue weighted by Crippen LogP contribution is 2.34. The fourth-order valence-electron chi connectivity index (χ4n) is 2.36. The Morgan fingerprint density at radius 1 is 1.40 bits per heavy atom. The zero-order chi connectivity index (χ0) is 11.3. The third kappa shape index (κ3) is 3.34. The van der Waals surface area contributed by atoms with Crippen LogP contribution in [0.1, 0.15) is 59.8 Å². The first-order chi connectivity index (χ1) is 7.11. The van der Waals surface area contributed by atoms with Crippen LogP contribution in [0.25, 0.3) is 0 Å². The van der Waals surface area contributed by atoms with Crippen molar-refractivity contribution in [2.45, 2.75) is 65.8 Å². The van der Waals surface area contributed by atoms with Crippen LogP contribution in [-0.2, 0) is 0 Å². The minimum absolute atomic E-state index is 0.394. The highest BCUT2D eigenvalue weighted by molar-refractivity contribution is 5.18. The van der Waals surface area contributed by atoms with Crippen molar-refractivity contribution in [1.29, 1.82) is 0 Å². The Morgan fingerprint density at radius 2 is 2.13 bits per heavy atom. The van der Waals surface area contributed by atoms with Crippen molar-refractivity contribution < 1.29 is 0 Å². The summed E-state index contributed by atoms with van der Waals surface area (Å²) < 4.78 is 0. The molecule has 0 aromatic carbocycles. The van der Waals surface area contributed by atoms with E-state index in [9.17, 15) is 0 Å². The maximum Gasteiger partial charge on any atom is 0.0330 e. The van der Waals surface area contributed by atoms with Crippen molar-refractivity contribution in [3.05, 3.63) is 11.6 Å². The Bertz CT molecular complexity index is 215. The van der Waals surface area contributed by atoms with Crippen LogP contribution < -0.4 is 5.32 Å². The highest BCUT2D eigenvalue weighted by atomic mass is 14.9. The van der Waals surface area contributed by atoms with Crippen LogP contribution in [0.3, 0.4) is 0 Å². The molecule has 0 saturated carbocycles. The Morgan fingerprint density at radius 3 is 2.60 bits per heavy atom. The second-order valence-electron chi connectivity index (χ2n) is 5.40. The summed E-state index contributed by atoms with van der Waals surface area (Å²) in [7, 11) is 0. The van der Waals surface area contributed by atoms with Gasteiger partial charge in [-0.1, -0.05) is 39.3 Å². The molecule has 0 aliphatic heterocycles. The van der Waals surface area contributed by atoms with E-state index in [4.69, 9.17) is 0 Å². The Labute approximate surface area is 95.3 Å². The third-order valence-electron chi connectivity index (χ3n) is 3.74. The zero-order valence-corrected chi connectivity index (χ0v) is 10.9. The van der Waals surface area contributed by atoms with Crippen LogP contribution in [0, 0.1) is 5.41 Å². The van der Waals surface area contributed by atoms with Gasteiger partial charge in [0.1, 0.15) is 0 Å². The van der Waals surface area contributed by atoms with Gasteiger partial charge < -0.3 is 5.32 Å². The largest absolute Gasteiger partial charge is 0.310 e. The van der Waals surface area contributed by atoms with Gasteiger partial charge in [-0.05, 0) is 44.1 Å². The van der Waals surface area contributed by atoms with Crippen molar-refractivity contribution in [1.82, 2.24) is 5.32 Å². The van der Waals surface area contributed by atoms with Gasteiger partial charge in [-0.3, -0.25) is 0 Å². The second kappa shape index (κ2) is 5.69. The monoisotopic (exact) mass is 209 g/mol. The van der Waals surface area contributed by atoms with E-state index >= 15 is 0 Å². The summed E-state index contributed by atoms with van der Waals surface area (Å²) in [5.41, 5.74) is 2.06. The third-order valence-corrected chi connectivity index (χ3v) is 3.74. The molecule has 1 rings (SSSR count). The lowest BCUT2D eigenvalue weighted by Crippen LogP contribution is -2.43. The standard InChI is InChI=1S/C14H27N/c1-5-11-15-13(14(3,4)6-2)12-9-7-8-10-12/h9,13,15H,5-8,10-11H2,1-4H3. The minimum Gasteiger partial charge on any atom is -0.310 e. The molecule has 0 aromatic heterocycles. The molecule has 1 heteroatoms. The van der Waals surface area contributed by atoms with Crippen molar-refractivity contribution in [3.63, 3.8) is 0 Å². The first-order valence-corrected chi connectivity index (χ1v) is 6.54.